The Labute approximate surface area is 168 Å². The van der Waals surface area contributed by atoms with E-state index in [9.17, 15) is 36.6 Å². The monoisotopic (exact) mass is 437 g/mol. The average Bonchev–Trinajstić information content (AvgIpc) is 2.64. The third kappa shape index (κ3) is 4.51. The second-order valence-electron chi connectivity index (χ2n) is 7.38. The summed E-state index contributed by atoms with van der Waals surface area (Å²) in [5, 5.41) is 10.4. The fraction of sp³-hybridized carbons (Fsp3) is 0.526. The number of pyridine rings is 1. The summed E-state index contributed by atoms with van der Waals surface area (Å²) in [6, 6.07) is 1.07. The number of allylic oxidation sites excluding steroid dienone is 2. The quantitative estimate of drug-likeness (QED) is 0.226. The van der Waals surface area contributed by atoms with Crippen molar-refractivity contribution in [1.29, 1.82) is 0 Å². The van der Waals surface area contributed by atoms with Gasteiger partial charge < -0.3 is 14.6 Å². The molecule has 0 atom stereocenters. The minimum Gasteiger partial charge on any atom is -0.511 e. The molecule has 0 amide bonds. The van der Waals surface area contributed by atoms with Crippen LogP contribution in [0.25, 0.3) is 0 Å². The predicted molar refractivity (Wildman–Crippen MR) is 92.9 cm³/mol. The lowest BCUT2D eigenvalue weighted by Crippen LogP contribution is -2.35. The number of halogens is 5. The van der Waals surface area contributed by atoms with Gasteiger partial charge in [0, 0.05) is 24.5 Å². The minimum absolute atomic E-state index is 0.0364. The average molecular weight is 437 g/mol. The Hall–Kier alpha value is -2.40. The van der Waals surface area contributed by atoms with Crippen molar-refractivity contribution in [2.75, 3.05) is 13.9 Å². The summed E-state index contributed by atoms with van der Waals surface area (Å²) in [5.74, 6) is -7.44. The fourth-order valence-corrected chi connectivity index (χ4v) is 2.87. The van der Waals surface area contributed by atoms with Gasteiger partial charge in [-0.15, -0.1) is 0 Å². The van der Waals surface area contributed by atoms with Gasteiger partial charge in [0.1, 0.15) is 23.8 Å². The number of hydrogen-bond donors (Lipinski definition) is 1. The molecule has 0 aliphatic heterocycles. The molecule has 166 valence electrons. The molecule has 30 heavy (non-hydrogen) atoms. The molecule has 2 rings (SSSR count). The standard InChI is InChI=1S/C19H20F5NO5/c1-17(2)7-6-12(26)14(16(17)28)15(27)10-4-5-13(18(20,21)19(22,23)24)25-11(10)8-30-9-29-3/h4-5,28H,6-9H2,1-3H3. The number of ketones is 2. The lowest BCUT2D eigenvalue weighted by atomic mass is 9.75. The number of alkyl halides is 5. The highest BCUT2D eigenvalue weighted by atomic mass is 19.4. The van der Waals surface area contributed by atoms with Gasteiger partial charge in [-0.3, -0.25) is 9.59 Å². The van der Waals surface area contributed by atoms with Crippen LogP contribution in [-0.4, -0.2) is 41.7 Å². The molecule has 0 unspecified atom stereocenters. The van der Waals surface area contributed by atoms with Gasteiger partial charge in [-0.25, -0.2) is 4.98 Å². The number of aliphatic hydroxyl groups excluding tert-OH is 1. The number of ether oxygens (including phenoxy) is 2. The highest BCUT2D eigenvalue weighted by molar-refractivity contribution is 6.27. The van der Waals surface area contributed by atoms with Crippen LogP contribution >= 0.6 is 0 Å². The van der Waals surface area contributed by atoms with Crippen LogP contribution in [0, 0.1) is 5.41 Å². The van der Waals surface area contributed by atoms with Crippen molar-refractivity contribution in [2.24, 2.45) is 5.41 Å². The van der Waals surface area contributed by atoms with Crippen LogP contribution in [0.2, 0.25) is 0 Å². The van der Waals surface area contributed by atoms with Gasteiger partial charge in [-0.05, 0) is 18.6 Å². The van der Waals surface area contributed by atoms with E-state index >= 15 is 0 Å². The van der Waals surface area contributed by atoms with Gasteiger partial charge >= 0.3 is 12.1 Å². The number of methoxy groups -OCH3 is 1. The summed E-state index contributed by atoms with van der Waals surface area (Å²) < 4.78 is 75.1. The third-order valence-electron chi connectivity index (χ3n) is 4.70. The Morgan fingerprint density at radius 3 is 2.43 bits per heavy atom. The number of aromatic nitrogens is 1. The van der Waals surface area contributed by atoms with Gasteiger partial charge in [0.25, 0.3) is 0 Å². The first-order valence-electron chi connectivity index (χ1n) is 8.77. The highest BCUT2D eigenvalue weighted by Gasteiger charge is 2.60. The largest absolute Gasteiger partial charge is 0.511 e. The van der Waals surface area contributed by atoms with Crippen LogP contribution < -0.4 is 0 Å². The van der Waals surface area contributed by atoms with E-state index in [1.54, 1.807) is 13.8 Å². The summed E-state index contributed by atoms with van der Waals surface area (Å²) in [4.78, 5) is 28.5. The molecule has 0 saturated heterocycles. The molecule has 6 nitrogen and oxygen atoms in total. The van der Waals surface area contributed by atoms with Gasteiger partial charge in [-0.1, -0.05) is 13.8 Å². The number of nitrogens with zero attached hydrogens (tertiary/aromatic N) is 1. The molecule has 1 aromatic heterocycles. The molecule has 1 heterocycles. The van der Waals surface area contributed by atoms with E-state index in [2.05, 4.69) is 9.72 Å². The Bertz CT molecular complexity index is 877. The van der Waals surface area contributed by atoms with Crippen LogP contribution in [0.4, 0.5) is 22.0 Å². The number of rotatable bonds is 7. The Balaban J connectivity index is 2.58. The molecule has 0 radical (unpaired) electrons. The predicted octanol–water partition coefficient (Wildman–Crippen LogP) is 4.24. The third-order valence-corrected chi connectivity index (χ3v) is 4.70. The SMILES string of the molecule is COCOCc1nc(C(F)(F)C(F)(F)F)ccc1C(=O)C1=C(O)C(C)(C)CCC1=O. The van der Waals surface area contributed by atoms with Crippen molar-refractivity contribution >= 4 is 11.6 Å². The molecule has 1 aromatic rings. The molecule has 0 fully saturated rings. The maximum absolute atomic E-state index is 13.7. The fourth-order valence-electron chi connectivity index (χ4n) is 2.87. The zero-order valence-electron chi connectivity index (χ0n) is 16.4. The van der Waals surface area contributed by atoms with Crippen LogP contribution in [0.3, 0.4) is 0 Å². The second-order valence-corrected chi connectivity index (χ2v) is 7.38. The van der Waals surface area contributed by atoms with Crippen LogP contribution in [-0.2, 0) is 26.8 Å². The smallest absolute Gasteiger partial charge is 0.459 e. The molecule has 0 bridgehead atoms. The van der Waals surface area contributed by atoms with E-state index < -0.39 is 64.0 Å². The Morgan fingerprint density at radius 1 is 1.23 bits per heavy atom. The molecular formula is C19H20F5NO5. The summed E-state index contributed by atoms with van der Waals surface area (Å²) in [5.41, 5.74) is -4.04. The Kier molecular flexibility index (Phi) is 6.67. The van der Waals surface area contributed by atoms with Crippen molar-refractivity contribution < 1.29 is 46.1 Å². The van der Waals surface area contributed by atoms with E-state index in [-0.39, 0.29) is 19.6 Å². The summed E-state index contributed by atoms with van der Waals surface area (Å²) >= 11 is 0. The first-order chi connectivity index (χ1) is 13.7. The van der Waals surface area contributed by atoms with Gasteiger partial charge in [0.15, 0.2) is 5.78 Å². The molecule has 1 aliphatic rings. The lowest BCUT2D eigenvalue weighted by molar-refractivity contribution is -0.291. The molecule has 0 saturated carbocycles. The van der Waals surface area contributed by atoms with Crippen molar-refractivity contribution in [2.45, 2.75) is 45.4 Å². The molecule has 1 aliphatic carbocycles. The zero-order chi connectivity index (χ0) is 22.9. The molecular weight excluding hydrogens is 417 g/mol. The van der Waals surface area contributed by atoms with Gasteiger partial charge in [0.2, 0.25) is 5.78 Å². The van der Waals surface area contributed by atoms with Crippen molar-refractivity contribution in [1.82, 2.24) is 4.98 Å². The normalized spacial score (nSPS) is 17.4. The number of carbonyl (C=O) groups is 2. The van der Waals surface area contributed by atoms with Crippen molar-refractivity contribution in [3.05, 3.63) is 40.4 Å². The zero-order valence-corrected chi connectivity index (χ0v) is 16.4. The van der Waals surface area contributed by atoms with Gasteiger partial charge in [-0.2, -0.15) is 22.0 Å². The van der Waals surface area contributed by atoms with E-state index in [0.29, 0.717) is 12.1 Å². The first kappa shape index (κ1) is 23.9. The second kappa shape index (κ2) is 8.38. The number of aliphatic hydroxyl groups is 1. The number of hydrogen-bond acceptors (Lipinski definition) is 6. The van der Waals surface area contributed by atoms with Gasteiger partial charge in [0.05, 0.1) is 12.3 Å². The highest BCUT2D eigenvalue weighted by Crippen LogP contribution is 2.43. The Morgan fingerprint density at radius 2 is 1.87 bits per heavy atom. The van der Waals surface area contributed by atoms with E-state index in [1.807, 2.05) is 0 Å². The first-order valence-corrected chi connectivity index (χ1v) is 8.77. The number of carbonyl (C=O) groups excluding carboxylic acids is 2. The van der Waals surface area contributed by atoms with Crippen LogP contribution in [0.1, 0.15) is 48.4 Å². The van der Waals surface area contributed by atoms with Crippen molar-refractivity contribution in [3.63, 3.8) is 0 Å². The molecule has 0 spiro atoms. The molecule has 11 heteroatoms. The summed E-state index contributed by atoms with van der Waals surface area (Å²) in [6.45, 7) is 2.23. The van der Waals surface area contributed by atoms with Crippen LogP contribution in [0.5, 0.6) is 0 Å². The van der Waals surface area contributed by atoms with E-state index in [0.717, 1.165) is 0 Å². The lowest BCUT2D eigenvalue weighted by Gasteiger charge is -2.30. The minimum atomic E-state index is -5.90. The summed E-state index contributed by atoms with van der Waals surface area (Å²) in [6.07, 6.45) is -5.65. The maximum atomic E-state index is 13.7. The van der Waals surface area contributed by atoms with Crippen LogP contribution in [0.15, 0.2) is 23.5 Å². The summed E-state index contributed by atoms with van der Waals surface area (Å²) in [7, 11) is 1.25. The topological polar surface area (TPSA) is 85.7 Å². The molecule has 0 aromatic carbocycles. The molecule has 1 N–H and O–H groups in total. The van der Waals surface area contributed by atoms with Crippen molar-refractivity contribution in [3.8, 4) is 0 Å². The maximum Gasteiger partial charge on any atom is 0.459 e. The number of Topliss-reactive ketones (excluding diaryl/α,β-unsaturated/α-hetero) is 2. The van der Waals surface area contributed by atoms with E-state index in [1.165, 1.54) is 7.11 Å². The van der Waals surface area contributed by atoms with E-state index in [4.69, 9.17) is 4.74 Å².